The maximum atomic E-state index is 12.3. The van der Waals surface area contributed by atoms with Gasteiger partial charge in [-0.2, -0.15) is 0 Å². The molecule has 0 aliphatic rings. The quantitative estimate of drug-likeness (QED) is 0.571. The molecule has 0 radical (unpaired) electrons. The summed E-state index contributed by atoms with van der Waals surface area (Å²) in [5.74, 6) is -0.0486. The van der Waals surface area contributed by atoms with Gasteiger partial charge in [0.2, 0.25) is 0 Å². The molecule has 2 nitrogen and oxygen atoms in total. The van der Waals surface area contributed by atoms with E-state index in [0.29, 0.717) is 10.6 Å². The molecular formula is C17H13NOS. The van der Waals surface area contributed by atoms with Crippen molar-refractivity contribution in [1.82, 2.24) is 0 Å². The van der Waals surface area contributed by atoms with Crippen LogP contribution in [0.5, 0.6) is 0 Å². The Labute approximate surface area is 121 Å². The highest BCUT2D eigenvalue weighted by Gasteiger charge is 2.13. The number of ketones is 1. The summed E-state index contributed by atoms with van der Waals surface area (Å²) >= 11 is 1.44. The van der Waals surface area contributed by atoms with Crippen LogP contribution < -0.4 is 5.73 Å². The molecule has 0 fully saturated rings. The molecule has 0 spiro atoms. The van der Waals surface area contributed by atoms with Crippen molar-refractivity contribution in [3.63, 3.8) is 0 Å². The summed E-state index contributed by atoms with van der Waals surface area (Å²) in [6.45, 7) is 0. The third-order valence-corrected chi connectivity index (χ3v) is 4.29. The number of hydrogen-bond donors (Lipinski definition) is 1. The number of nitrogens with two attached hydrogens (primary N) is 1. The lowest BCUT2D eigenvalue weighted by Crippen LogP contribution is -1.95. The predicted molar refractivity (Wildman–Crippen MR) is 86.0 cm³/mol. The predicted octanol–water partition coefficient (Wildman–Crippen LogP) is 4.38. The van der Waals surface area contributed by atoms with Crippen LogP contribution in [0.25, 0.3) is 16.2 Å². The molecule has 20 heavy (non-hydrogen) atoms. The molecule has 0 atom stereocenters. The summed E-state index contributed by atoms with van der Waals surface area (Å²) in [6, 6.07) is 17.5. The normalized spacial score (nSPS) is 11.2. The lowest BCUT2D eigenvalue weighted by molar-refractivity contribution is 0.105. The van der Waals surface area contributed by atoms with E-state index in [1.54, 1.807) is 6.08 Å². The Hall–Kier alpha value is -2.39. The van der Waals surface area contributed by atoms with E-state index in [9.17, 15) is 4.79 Å². The lowest BCUT2D eigenvalue weighted by Gasteiger charge is -1.94. The first kappa shape index (κ1) is 12.6. The summed E-state index contributed by atoms with van der Waals surface area (Å²) < 4.78 is 1.04. The van der Waals surface area contributed by atoms with Crippen LogP contribution in [-0.2, 0) is 0 Å². The van der Waals surface area contributed by atoms with Crippen LogP contribution in [0.15, 0.2) is 60.7 Å². The molecule has 2 N–H and O–H groups in total. The second kappa shape index (κ2) is 5.31. The van der Waals surface area contributed by atoms with Gasteiger partial charge >= 0.3 is 0 Å². The Bertz CT molecular complexity index is 787. The number of hydrogen-bond acceptors (Lipinski definition) is 3. The molecule has 0 saturated heterocycles. The van der Waals surface area contributed by atoms with Crippen molar-refractivity contribution in [2.24, 2.45) is 0 Å². The van der Waals surface area contributed by atoms with Crippen LogP contribution in [0.2, 0.25) is 0 Å². The molecule has 2 aromatic carbocycles. The second-order valence-corrected chi connectivity index (χ2v) is 5.50. The van der Waals surface area contributed by atoms with Gasteiger partial charge in [-0.15, -0.1) is 11.3 Å². The van der Waals surface area contributed by atoms with Crippen molar-refractivity contribution < 1.29 is 4.79 Å². The van der Waals surface area contributed by atoms with Crippen molar-refractivity contribution in [1.29, 1.82) is 0 Å². The van der Waals surface area contributed by atoms with Crippen LogP contribution in [-0.4, -0.2) is 5.78 Å². The Morgan fingerprint density at radius 1 is 1.00 bits per heavy atom. The monoisotopic (exact) mass is 279 g/mol. The van der Waals surface area contributed by atoms with E-state index >= 15 is 0 Å². The van der Waals surface area contributed by atoms with Gasteiger partial charge in [0.1, 0.15) is 0 Å². The van der Waals surface area contributed by atoms with Crippen LogP contribution in [0, 0.1) is 0 Å². The van der Waals surface area contributed by atoms with Crippen LogP contribution in [0.3, 0.4) is 0 Å². The summed E-state index contributed by atoms with van der Waals surface area (Å²) in [6.07, 6.45) is 3.39. The largest absolute Gasteiger partial charge is 0.397 e. The van der Waals surface area contributed by atoms with Gasteiger partial charge in [-0.1, -0.05) is 54.6 Å². The maximum Gasteiger partial charge on any atom is 0.197 e. The van der Waals surface area contributed by atoms with Crippen LogP contribution in [0.1, 0.15) is 15.2 Å². The summed E-state index contributed by atoms with van der Waals surface area (Å²) in [7, 11) is 0. The highest BCUT2D eigenvalue weighted by atomic mass is 32.1. The SMILES string of the molecule is Nc1c(C(=O)C=Cc2ccccc2)sc2ccccc12. The number of nitrogen functional groups attached to an aromatic ring is 1. The van der Waals surface area contributed by atoms with Gasteiger partial charge in [0.05, 0.1) is 10.6 Å². The zero-order chi connectivity index (χ0) is 13.9. The fourth-order valence-electron chi connectivity index (χ4n) is 2.06. The Balaban J connectivity index is 1.93. The molecule has 3 aromatic rings. The fourth-order valence-corrected chi connectivity index (χ4v) is 3.10. The van der Waals surface area contributed by atoms with Gasteiger partial charge in [0.15, 0.2) is 5.78 Å². The second-order valence-electron chi connectivity index (χ2n) is 4.45. The van der Waals surface area contributed by atoms with Gasteiger partial charge in [0, 0.05) is 10.1 Å². The van der Waals surface area contributed by atoms with E-state index < -0.39 is 0 Å². The number of benzene rings is 2. The van der Waals surface area contributed by atoms with Crippen LogP contribution >= 0.6 is 11.3 Å². The molecule has 0 aliphatic heterocycles. The number of thiophene rings is 1. The zero-order valence-electron chi connectivity index (χ0n) is 10.7. The summed E-state index contributed by atoms with van der Waals surface area (Å²) in [5.41, 5.74) is 7.64. The van der Waals surface area contributed by atoms with Crippen molar-refractivity contribution in [2.75, 3.05) is 5.73 Å². The minimum Gasteiger partial charge on any atom is -0.397 e. The van der Waals surface area contributed by atoms with E-state index in [2.05, 4.69) is 0 Å². The van der Waals surface area contributed by atoms with E-state index in [4.69, 9.17) is 5.73 Å². The molecule has 1 heterocycles. The van der Waals surface area contributed by atoms with Crippen LogP contribution in [0.4, 0.5) is 5.69 Å². The number of carbonyl (C=O) groups is 1. The maximum absolute atomic E-state index is 12.3. The first-order valence-corrected chi connectivity index (χ1v) is 7.12. The first-order valence-electron chi connectivity index (χ1n) is 6.30. The Morgan fingerprint density at radius 3 is 2.45 bits per heavy atom. The topological polar surface area (TPSA) is 43.1 Å². The van der Waals surface area contributed by atoms with Gasteiger partial charge < -0.3 is 5.73 Å². The summed E-state index contributed by atoms with van der Waals surface area (Å²) in [4.78, 5) is 12.9. The Morgan fingerprint density at radius 2 is 1.70 bits per heavy atom. The zero-order valence-corrected chi connectivity index (χ0v) is 11.6. The van der Waals surface area contributed by atoms with E-state index in [0.717, 1.165) is 15.6 Å². The fraction of sp³-hybridized carbons (Fsp3) is 0. The van der Waals surface area contributed by atoms with E-state index in [1.807, 2.05) is 60.7 Å². The molecule has 3 rings (SSSR count). The minimum atomic E-state index is -0.0486. The molecular weight excluding hydrogens is 266 g/mol. The average molecular weight is 279 g/mol. The molecule has 0 bridgehead atoms. The Kier molecular flexibility index (Phi) is 3.35. The highest BCUT2D eigenvalue weighted by molar-refractivity contribution is 7.21. The summed E-state index contributed by atoms with van der Waals surface area (Å²) in [5, 5.41) is 0.953. The molecule has 98 valence electrons. The van der Waals surface area contributed by atoms with E-state index in [-0.39, 0.29) is 5.78 Å². The average Bonchev–Trinajstić information content (AvgIpc) is 2.84. The standard InChI is InChI=1S/C17H13NOS/c18-16-13-8-4-5-9-15(13)20-17(16)14(19)11-10-12-6-2-1-3-7-12/h1-11H,18H2. The third-order valence-electron chi connectivity index (χ3n) is 3.08. The van der Waals surface area contributed by atoms with Gasteiger partial charge in [-0.25, -0.2) is 0 Å². The number of anilines is 1. The van der Waals surface area contributed by atoms with Gasteiger partial charge in [0.25, 0.3) is 0 Å². The van der Waals surface area contributed by atoms with Crippen molar-refractivity contribution >= 4 is 39.0 Å². The van der Waals surface area contributed by atoms with Gasteiger partial charge in [-0.3, -0.25) is 4.79 Å². The number of allylic oxidation sites excluding steroid dienone is 1. The smallest absolute Gasteiger partial charge is 0.197 e. The molecule has 0 amide bonds. The van der Waals surface area contributed by atoms with Crippen molar-refractivity contribution in [3.05, 3.63) is 71.1 Å². The molecule has 0 aliphatic carbocycles. The lowest BCUT2D eigenvalue weighted by atomic mass is 10.1. The molecule has 0 unspecified atom stereocenters. The van der Waals surface area contributed by atoms with Crippen molar-refractivity contribution in [2.45, 2.75) is 0 Å². The van der Waals surface area contributed by atoms with Gasteiger partial charge in [-0.05, 0) is 17.7 Å². The number of fused-ring (bicyclic) bond motifs is 1. The molecule has 0 saturated carbocycles. The highest BCUT2D eigenvalue weighted by Crippen LogP contribution is 2.33. The van der Waals surface area contributed by atoms with E-state index in [1.165, 1.54) is 11.3 Å². The number of rotatable bonds is 3. The first-order chi connectivity index (χ1) is 9.75. The molecule has 1 aromatic heterocycles. The van der Waals surface area contributed by atoms with Crippen molar-refractivity contribution in [3.8, 4) is 0 Å². The third kappa shape index (κ3) is 2.36. The number of carbonyl (C=O) groups excluding carboxylic acids is 1. The minimum absolute atomic E-state index is 0.0486. The molecule has 3 heteroatoms.